The van der Waals surface area contributed by atoms with Crippen LogP contribution >= 0.6 is 0 Å². The molecule has 1 aliphatic rings. The van der Waals surface area contributed by atoms with Crippen molar-refractivity contribution in [2.45, 2.75) is 71.6 Å². The fourth-order valence-electron chi connectivity index (χ4n) is 6.95. The maximum absolute atomic E-state index is 14.4. The average molecular weight is 778 g/mol. The summed E-state index contributed by atoms with van der Waals surface area (Å²) in [5, 5.41) is 9.17. The monoisotopic (exact) mass is 777 g/mol. The Morgan fingerprint density at radius 1 is 0.810 bits per heavy atom. The van der Waals surface area contributed by atoms with Crippen LogP contribution in [-0.4, -0.2) is 57.3 Å². The van der Waals surface area contributed by atoms with E-state index in [-0.39, 0.29) is 24.4 Å². The summed E-state index contributed by atoms with van der Waals surface area (Å²) in [6.07, 6.45) is 7.74. The summed E-state index contributed by atoms with van der Waals surface area (Å²) in [7, 11) is 0. The van der Waals surface area contributed by atoms with Gasteiger partial charge in [0.15, 0.2) is 0 Å². The number of aromatic nitrogens is 2. The van der Waals surface area contributed by atoms with E-state index >= 15 is 0 Å². The molecule has 58 heavy (non-hydrogen) atoms. The van der Waals surface area contributed by atoms with E-state index in [0.717, 1.165) is 29.5 Å². The van der Waals surface area contributed by atoms with Gasteiger partial charge in [-0.25, -0.2) is 4.79 Å². The average Bonchev–Trinajstić information content (AvgIpc) is 3.41. The Labute approximate surface area is 340 Å². The zero-order valence-corrected chi connectivity index (χ0v) is 33.8. The lowest BCUT2D eigenvalue weighted by Gasteiger charge is -2.33. The first-order valence-corrected chi connectivity index (χ1v) is 19.7. The first-order chi connectivity index (χ1) is 28.0. The standard InChI is InChI=1S/C47H51N7O4/c1-6-23-54(24-7-2)44(56)34-26-40-41(27-35(31-49-40)43(55)51-39-25-33(29-48-32-39)30-50-45(57)58-46(3,4)5)52-42(28-34)53-47(36-17-11-8-12-18-36,37-19-13-9-14-20-37)38-21-15-10-16-22-38/h8-22,25-27,29,31-32H,6-7,23-24,28,30H2,1-5H3,(H,50,57)(H,51,55)(H,52,53). The Morgan fingerprint density at radius 2 is 1.40 bits per heavy atom. The second-order valence-electron chi connectivity index (χ2n) is 15.2. The van der Waals surface area contributed by atoms with Gasteiger partial charge in [0, 0.05) is 44.0 Å². The number of aliphatic imine (C=N–C) groups is 1. The summed E-state index contributed by atoms with van der Waals surface area (Å²) >= 11 is 0. The molecule has 3 aromatic carbocycles. The number of anilines is 2. The minimum absolute atomic E-state index is 0.0760. The third-order valence-corrected chi connectivity index (χ3v) is 9.44. The van der Waals surface area contributed by atoms with E-state index in [9.17, 15) is 14.4 Å². The van der Waals surface area contributed by atoms with Gasteiger partial charge in [0.2, 0.25) is 5.91 Å². The first kappa shape index (κ1) is 41.0. The molecule has 0 radical (unpaired) electrons. The topological polar surface area (TPSA) is 138 Å². The molecule has 6 rings (SSSR count). The molecule has 0 spiro atoms. The zero-order chi connectivity index (χ0) is 41.1. The van der Waals surface area contributed by atoms with Gasteiger partial charge in [0.05, 0.1) is 28.8 Å². The molecule has 2 aromatic heterocycles. The molecule has 3 heterocycles. The molecular weight excluding hydrogens is 727 g/mol. The Morgan fingerprint density at radius 3 is 1.95 bits per heavy atom. The van der Waals surface area contributed by atoms with E-state index in [0.29, 0.717) is 47.1 Å². The number of carbonyl (C=O) groups is 3. The van der Waals surface area contributed by atoms with Gasteiger partial charge in [0.25, 0.3) is 5.91 Å². The number of nitrogens with one attached hydrogen (secondary N) is 3. The molecule has 11 nitrogen and oxygen atoms in total. The normalized spacial score (nSPS) is 13.3. The quantitative estimate of drug-likeness (QED) is 0.102. The van der Waals surface area contributed by atoms with Gasteiger partial charge in [0.1, 0.15) is 17.0 Å². The van der Waals surface area contributed by atoms with Crippen molar-refractivity contribution < 1.29 is 19.1 Å². The summed E-state index contributed by atoms with van der Waals surface area (Å²) in [5.41, 5.74) is 4.20. The number of benzene rings is 3. The highest BCUT2D eigenvalue weighted by Gasteiger charge is 2.37. The van der Waals surface area contributed by atoms with E-state index in [1.165, 1.54) is 12.4 Å². The van der Waals surface area contributed by atoms with Crippen LogP contribution in [-0.2, 0) is 21.6 Å². The first-order valence-electron chi connectivity index (χ1n) is 19.7. The highest BCUT2D eigenvalue weighted by atomic mass is 16.6. The van der Waals surface area contributed by atoms with Crippen LogP contribution in [0, 0.1) is 0 Å². The Kier molecular flexibility index (Phi) is 13.1. The summed E-state index contributed by atoms with van der Waals surface area (Å²) in [6, 6.07) is 33.9. The molecule has 0 fully saturated rings. The van der Waals surface area contributed by atoms with Gasteiger partial charge in [-0.15, -0.1) is 0 Å². The van der Waals surface area contributed by atoms with Gasteiger partial charge in [-0.2, -0.15) is 0 Å². The molecule has 0 saturated heterocycles. The third-order valence-electron chi connectivity index (χ3n) is 9.44. The number of ether oxygens (including phenoxy) is 1. The number of amides is 3. The number of fused-ring (bicyclic) bond motifs is 1. The predicted octanol–water partition coefficient (Wildman–Crippen LogP) is 8.99. The molecule has 0 atom stereocenters. The SMILES string of the molecule is CCCN(CCC)C(=O)C1=Cc2ncc(C(=O)Nc3cncc(CNC(=O)OC(C)(C)C)c3)cc2NC(=NC(c2ccccc2)(c2ccccc2)c2ccccc2)C1. The molecule has 0 bridgehead atoms. The van der Waals surface area contributed by atoms with Crippen LogP contribution < -0.4 is 16.0 Å². The smallest absolute Gasteiger partial charge is 0.407 e. The minimum Gasteiger partial charge on any atom is -0.444 e. The molecule has 11 heteroatoms. The van der Waals surface area contributed by atoms with Crippen LogP contribution in [0.3, 0.4) is 0 Å². The number of hydrogen-bond acceptors (Lipinski definition) is 7. The van der Waals surface area contributed by atoms with Crippen LogP contribution in [0.5, 0.6) is 0 Å². The summed E-state index contributed by atoms with van der Waals surface area (Å²) < 4.78 is 5.33. The fraction of sp³-hybridized carbons (Fsp3) is 0.277. The zero-order valence-electron chi connectivity index (χ0n) is 33.8. The second kappa shape index (κ2) is 18.5. The molecule has 5 aromatic rings. The van der Waals surface area contributed by atoms with Crippen LogP contribution in [0.1, 0.15) is 92.2 Å². The number of nitrogens with zero attached hydrogens (tertiary/aromatic N) is 4. The van der Waals surface area contributed by atoms with Crippen LogP contribution in [0.2, 0.25) is 0 Å². The lowest BCUT2D eigenvalue weighted by atomic mass is 9.77. The summed E-state index contributed by atoms with van der Waals surface area (Å²) in [4.78, 5) is 56.9. The molecule has 3 N–H and O–H groups in total. The van der Waals surface area contributed by atoms with Crippen molar-refractivity contribution in [1.82, 2.24) is 20.2 Å². The number of hydrogen-bond donors (Lipinski definition) is 3. The molecular formula is C47H51N7O4. The largest absolute Gasteiger partial charge is 0.444 e. The molecule has 0 aliphatic carbocycles. The van der Waals surface area contributed by atoms with Crippen molar-refractivity contribution in [3.05, 3.63) is 161 Å². The number of alkyl carbamates (subject to hydrolysis) is 1. The number of rotatable bonds is 13. The van der Waals surface area contributed by atoms with Gasteiger partial charge in [-0.1, -0.05) is 105 Å². The molecule has 0 saturated carbocycles. The van der Waals surface area contributed by atoms with Crippen LogP contribution in [0.25, 0.3) is 6.08 Å². The number of amidine groups is 1. The van der Waals surface area contributed by atoms with E-state index in [4.69, 9.17) is 14.7 Å². The minimum atomic E-state index is -1.00. The van der Waals surface area contributed by atoms with E-state index < -0.39 is 23.1 Å². The number of pyridine rings is 2. The highest BCUT2D eigenvalue weighted by molar-refractivity contribution is 6.11. The van der Waals surface area contributed by atoms with Gasteiger partial charge in [-0.05, 0) is 74.1 Å². The van der Waals surface area contributed by atoms with Crippen molar-refractivity contribution in [1.29, 1.82) is 0 Å². The molecule has 3 amide bonds. The van der Waals surface area contributed by atoms with Crippen molar-refractivity contribution >= 4 is 41.2 Å². The van der Waals surface area contributed by atoms with Gasteiger partial charge in [-0.3, -0.25) is 24.5 Å². The Bertz CT molecular complexity index is 2170. The van der Waals surface area contributed by atoms with Gasteiger partial charge >= 0.3 is 6.09 Å². The maximum Gasteiger partial charge on any atom is 0.407 e. The maximum atomic E-state index is 14.4. The summed E-state index contributed by atoms with van der Waals surface area (Å²) in [6.45, 7) is 10.9. The highest BCUT2D eigenvalue weighted by Crippen LogP contribution is 2.41. The molecule has 298 valence electrons. The van der Waals surface area contributed by atoms with E-state index in [2.05, 4.69) is 71.2 Å². The predicted molar refractivity (Wildman–Crippen MR) is 230 cm³/mol. The lowest BCUT2D eigenvalue weighted by Crippen LogP contribution is -2.35. The van der Waals surface area contributed by atoms with Crippen molar-refractivity contribution in [2.75, 3.05) is 23.7 Å². The van der Waals surface area contributed by atoms with Crippen LogP contribution in [0.4, 0.5) is 16.2 Å². The van der Waals surface area contributed by atoms with Gasteiger partial charge < -0.3 is 25.6 Å². The van der Waals surface area contributed by atoms with Crippen molar-refractivity contribution in [2.24, 2.45) is 4.99 Å². The third kappa shape index (κ3) is 10.0. The lowest BCUT2D eigenvalue weighted by molar-refractivity contribution is -0.127. The second-order valence-corrected chi connectivity index (χ2v) is 15.2. The number of carbonyl (C=O) groups excluding carboxylic acids is 3. The fourth-order valence-corrected chi connectivity index (χ4v) is 6.95. The van der Waals surface area contributed by atoms with Crippen LogP contribution in [0.15, 0.2) is 132 Å². The van der Waals surface area contributed by atoms with Crippen molar-refractivity contribution in [3.8, 4) is 0 Å². The molecule has 1 aliphatic heterocycles. The van der Waals surface area contributed by atoms with E-state index in [1.54, 1.807) is 39.1 Å². The molecule has 0 unspecified atom stereocenters. The Hall–Kier alpha value is -6.62. The van der Waals surface area contributed by atoms with Crippen molar-refractivity contribution in [3.63, 3.8) is 0 Å². The van der Waals surface area contributed by atoms with E-state index in [1.807, 2.05) is 65.6 Å². The summed E-state index contributed by atoms with van der Waals surface area (Å²) in [5.74, 6) is 0.0491. The Balaban J connectivity index is 1.41.